The van der Waals surface area contributed by atoms with Gasteiger partial charge in [0.05, 0.1) is 11.4 Å². The Morgan fingerprint density at radius 2 is 2.15 bits per heavy atom. The molecule has 2 fully saturated rings. The third-order valence-electron chi connectivity index (χ3n) is 5.27. The number of likely N-dealkylation sites (tertiary alicyclic amines) is 1. The average Bonchev–Trinajstić information content (AvgIpc) is 3.26. The Morgan fingerprint density at radius 1 is 1.38 bits per heavy atom. The maximum absolute atomic E-state index is 12.6. The summed E-state index contributed by atoms with van der Waals surface area (Å²) in [6, 6.07) is 3.50. The van der Waals surface area contributed by atoms with Crippen molar-refractivity contribution in [2.24, 2.45) is 0 Å². The molecule has 1 saturated carbocycles. The van der Waals surface area contributed by atoms with E-state index in [2.05, 4.69) is 5.32 Å². The van der Waals surface area contributed by atoms with Crippen LogP contribution in [0.4, 0.5) is 0 Å². The molecule has 2 amide bonds. The maximum Gasteiger partial charge on any atom is 0.317 e. The Hall–Kier alpha value is -1.93. The summed E-state index contributed by atoms with van der Waals surface area (Å²) in [5.41, 5.74) is 0. The molecule has 1 aromatic rings. The molecule has 0 spiro atoms. The highest BCUT2D eigenvalue weighted by Gasteiger charge is 2.39. The fourth-order valence-electron chi connectivity index (χ4n) is 3.80. The second-order valence-electron chi connectivity index (χ2n) is 6.92. The summed E-state index contributed by atoms with van der Waals surface area (Å²) in [5, 5.41) is 13.9. The van der Waals surface area contributed by atoms with Crippen molar-refractivity contribution in [1.29, 1.82) is 0 Å². The van der Waals surface area contributed by atoms with Crippen LogP contribution in [-0.4, -0.2) is 70.4 Å². The smallest absolute Gasteiger partial charge is 0.317 e. The van der Waals surface area contributed by atoms with E-state index >= 15 is 0 Å². The van der Waals surface area contributed by atoms with Crippen LogP contribution in [0.3, 0.4) is 0 Å². The molecule has 1 aliphatic heterocycles. The SMILES string of the molecule is CCN(CC(=O)O)C1CC(NC(=O)[C@@H]2CCCN2C(=O)c2cccs2)C1. The minimum atomic E-state index is -0.826. The first-order chi connectivity index (χ1) is 12.5. The van der Waals surface area contributed by atoms with Gasteiger partial charge in [0.25, 0.3) is 5.91 Å². The quantitative estimate of drug-likeness (QED) is 0.748. The summed E-state index contributed by atoms with van der Waals surface area (Å²) >= 11 is 1.40. The summed E-state index contributed by atoms with van der Waals surface area (Å²) in [5.74, 6) is -0.979. The van der Waals surface area contributed by atoms with E-state index in [4.69, 9.17) is 5.11 Å². The number of amides is 2. The van der Waals surface area contributed by atoms with Gasteiger partial charge in [0.1, 0.15) is 6.04 Å². The maximum atomic E-state index is 12.6. The first kappa shape index (κ1) is 18.8. The van der Waals surface area contributed by atoms with Crippen LogP contribution in [0.2, 0.25) is 0 Å². The number of nitrogens with zero attached hydrogens (tertiary/aromatic N) is 2. The summed E-state index contributed by atoms with van der Waals surface area (Å²) in [6.45, 7) is 3.28. The standard InChI is InChI=1S/C18H25N3O4S/c1-2-20(11-16(22)23)13-9-12(10-13)19-17(24)14-5-3-7-21(14)18(25)15-6-4-8-26-15/h4,6,8,12-14H,2-3,5,7,9-11H2,1H3,(H,19,24)(H,22,23)/t12?,13?,14-/m0/s1. The lowest BCUT2D eigenvalue weighted by molar-refractivity contribution is -0.140. The summed E-state index contributed by atoms with van der Waals surface area (Å²) in [6.07, 6.45) is 3.06. The number of rotatable bonds is 7. The van der Waals surface area contributed by atoms with E-state index in [1.54, 1.807) is 11.0 Å². The van der Waals surface area contributed by atoms with E-state index in [1.807, 2.05) is 23.3 Å². The molecule has 0 unspecified atom stereocenters. The molecule has 0 bridgehead atoms. The molecule has 1 aliphatic carbocycles. The Kier molecular flexibility index (Phi) is 5.93. The van der Waals surface area contributed by atoms with E-state index in [9.17, 15) is 14.4 Å². The van der Waals surface area contributed by atoms with E-state index < -0.39 is 12.0 Å². The first-order valence-electron chi connectivity index (χ1n) is 9.10. The van der Waals surface area contributed by atoms with Crippen LogP contribution in [0.1, 0.15) is 42.3 Å². The average molecular weight is 379 g/mol. The van der Waals surface area contributed by atoms with Crippen molar-refractivity contribution in [2.45, 2.75) is 50.7 Å². The molecule has 0 aromatic carbocycles. The van der Waals surface area contributed by atoms with Gasteiger partial charge in [-0.2, -0.15) is 0 Å². The summed E-state index contributed by atoms with van der Waals surface area (Å²) in [4.78, 5) is 40.4. The second-order valence-corrected chi connectivity index (χ2v) is 7.87. The molecule has 2 heterocycles. The van der Waals surface area contributed by atoms with Gasteiger partial charge < -0.3 is 15.3 Å². The Morgan fingerprint density at radius 3 is 2.77 bits per heavy atom. The molecule has 26 heavy (non-hydrogen) atoms. The van der Waals surface area contributed by atoms with Crippen molar-refractivity contribution >= 4 is 29.1 Å². The lowest BCUT2D eigenvalue weighted by Crippen LogP contribution is -2.57. The molecular formula is C18H25N3O4S. The zero-order valence-corrected chi connectivity index (χ0v) is 15.7. The van der Waals surface area contributed by atoms with E-state index in [0.717, 1.165) is 19.3 Å². The molecular weight excluding hydrogens is 354 g/mol. The number of hydrogen-bond acceptors (Lipinski definition) is 5. The highest BCUT2D eigenvalue weighted by atomic mass is 32.1. The molecule has 1 atom stereocenters. The number of nitrogens with one attached hydrogen (secondary N) is 1. The van der Waals surface area contributed by atoms with Crippen LogP contribution >= 0.6 is 11.3 Å². The highest BCUT2D eigenvalue weighted by molar-refractivity contribution is 7.12. The first-order valence-corrected chi connectivity index (χ1v) is 9.98. The minimum Gasteiger partial charge on any atom is -0.480 e. The zero-order chi connectivity index (χ0) is 18.7. The summed E-state index contributed by atoms with van der Waals surface area (Å²) in [7, 11) is 0. The lowest BCUT2D eigenvalue weighted by Gasteiger charge is -2.42. The topological polar surface area (TPSA) is 90.0 Å². The Labute approximate surface area is 157 Å². The molecule has 3 rings (SSSR count). The normalized spacial score (nSPS) is 25.2. The number of carbonyl (C=O) groups excluding carboxylic acids is 2. The van der Waals surface area contributed by atoms with E-state index in [-0.39, 0.29) is 30.4 Å². The van der Waals surface area contributed by atoms with Crippen molar-refractivity contribution in [2.75, 3.05) is 19.6 Å². The summed E-state index contributed by atoms with van der Waals surface area (Å²) < 4.78 is 0. The van der Waals surface area contributed by atoms with Gasteiger partial charge in [0.15, 0.2) is 0 Å². The van der Waals surface area contributed by atoms with Crippen LogP contribution in [-0.2, 0) is 9.59 Å². The Bertz CT molecular complexity index is 657. The van der Waals surface area contributed by atoms with Crippen LogP contribution in [0.15, 0.2) is 17.5 Å². The van der Waals surface area contributed by atoms with Crippen molar-refractivity contribution in [3.63, 3.8) is 0 Å². The third-order valence-corrected chi connectivity index (χ3v) is 6.13. The van der Waals surface area contributed by atoms with E-state index in [1.165, 1.54) is 11.3 Å². The minimum absolute atomic E-state index is 0.0353. The number of carboxylic acids is 1. The second kappa shape index (κ2) is 8.18. The lowest BCUT2D eigenvalue weighted by atomic mass is 9.85. The molecule has 1 aromatic heterocycles. The van der Waals surface area contributed by atoms with E-state index in [0.29, 0.717) is 24.4 Å². The zero-order valence-electron chi connectivity index (χ0n) is 14.9. The van der Waals surface area contributed by atoms with Crippen LogP contribution in [0, 0.1) is 0 Å². The van der Waals surface area contributed by atoms with Crippen molar-refractivity contribution in [3.8, 4) is 0 Å². The number of thiophene rings is 1. The van der Waals surface area contributed by atoms with Gasteiger partial charge in [0.2, 0.25) is 5.91 Å². The molecule has 0 radical (unpaired) electrons. The van der Waals surface area contributed by atoms with Crippen molar-refractivity contribution in [3.05, 3.63) is 22.4 Å². The van der Waals surface area contributed by atoms with Crippen LogP contribution in [0.5, 0.6) is 0 Å². The van der Waals surface area contributed by atoms with Gasteiger partial charge in [-0.3, -0.25) is 19.3 Å². The van der Waals surface area contributed by atoms with Crippen LogP contribution in [0.25, 0.3) is 0 Å². The molecule has 8 heteroatoms. The van der Waals surface area contributed by atoms with Crippen molar-refractivity contribution < 1.29 is 19.5 Å². The van der Waals surface area contributed by atoms with Gasteiger partial charge in [0, 0.05) is 18.6 Å². The largest absolute Gasteiger partial charge is 0.480 e. The fraction of sp³-hybridized carbons (Fsp3) is 0.611. The fourth-order valence-corrected chi connectivity index (χ4v) is 4.48. The number of carbonyl (C=O) groups is 3. The van der Waals surface area contributed by atoms with Crippen molar-refractivity contribution in [1.82, 2.24) is 15.1 Å². The third kappa shape index (κ3) is 4.07. The molecule has 142 valence electrons. The molecule has 2 aliphatic rings. The molecule has 1 saturated heterocycles. The van der Waals surface area contributed by atoms with Gasteiger partial charge in [-0.05, 0) is 43.7 Å². The monoisotopic (exact) mass is 379 g/mol. The Balaban J connectivity index is 1.51. The number of hydrogen-bond donors (Lipinski definition) is 2. The number of aliphatic carboxylic acids is 1. The molecule has 2 N–H and O–H groups in total. The number of likely N-dealkylation sites (N-methyl/N-ethyl adjacent to an activating group) is 1. The van der Waals surface area contributed by atoms with Gasteiger partial charge in [-0.15, -0.1) is 11.3 Å². The number of carboxylic acid groups (broad SMARTS) is 1. The van der Waals surface area contributed by atoms with Gasteiger partial charge >= 0.3 is 5.97 Å². The van der Waals surface area contributed by atoms with Crippen LogP contribution < -0.4 is 5.32 Å². The van der Waals surface area contributed by atoms with Gasteiger partial charge in [-0.25, -0.2) is 0 Å². The predicted octanol–water partition coefficient (Wildman–Crippen LogP) is 1.41. The van der Waals surface area contributed by atoms with Gasteiger partial charge in [-0.1, -0.05) is 13.0 Å². The molecule has 7 nitrogen and oxygen atoms in total. The highest BCUT2D eigenvalue weighted by Crippen LogP contribution is 2.27. The predicted molar refractivity (Wildman–Crippen MR) is 98.2 cm³/mol.